The second-order valence-corrected chi connectivity index (χ2v) is 5.57. The normalized spacial score (nSPS) is 15.1. The van der Waals surface area contributed by atoms with Gasteiger partial charge in [-0.1, -0.05) is 32.8 Å². The summed E-state index contributed by atoms with van der Waals surface area (Å²) in [6.07, 6.45) is 7.82. The number of amides is 1. The van der Waals surface area contributed by atoms with Crippen LogP contribution in [-0.4, -0.2) is 5.91 Å². The number of benzene rings is 1. The van der Waals surface area contributed by atoms with Gasteiger partial charge in [0.2, 0.25) is 5.91 Å². The van der Waals surface area contributed by atoms with Crippen LogP contribution in [0.25, 0.3) is 0 Å². The van der Waals surface area contributed by atoms with E-state index in [0.717, 1.165) is 37.8 Å². The van der Waals surface area contributed by atoms with Gasteiger partial charge in [-0.2, -0.15) is 0 Å². The van der Waals surface area contributed by atoms with Gasteiger partial charge >= 0.3 is 0 Å². The average Bonchev–Trinajstić information content (AvgIpc) is 2.87. The van der Waals surface area contributed by atoms with E-state index in [2.05, 4.69) is 37.4 Å². The summed E-state index contributed by atoms with van der Waals surface area (Å²) in [4.78, 5) is 12.2. The Morgan fingerprint density at radius 1 is 1.26 bits per heavy atom. The standard InChI is InChI=1S/C17H25NO/c1-3-5-7-13(4-2)17(19)18-16-11-10-14-8-6-9-15(14)12-16/h10-13H,3-9H2,1-2H3,(H,18,19). The van der Waals surface area contributed by atoms with Crippen molar-refractivity contribution in [1.29, 1.82) is 0 Å². The van der Waals surface area contributed by atoms with Crippen LogP contribution < -0.4 is 5.32 Å². The number of unbranched alkanes of at least 4 members (excludes halogenated alkanes) is 1. The van der Waals surface area contributed by atoms with Crippen LogP contribution in [-0.2, 0) is 17.6 Å². The van der Waals surface area contributed by atoms with E-state index in [4.69, 9.17) is 0 Å². The number of nitrogens with one attached hydrogen (secondary N) is 1. The zero-order valence-corrected chi connectivity index (χ0v) is 12.2. The highest BCUT2D eigenvalue weighted by atomic mass is 16.1. The molecule has 0 saturated heterocycles. The first-order valence-electron chi connectivity index (χ1n) is 7.67. The van der Waals surface area contributed by atoms with Crippen LogP contribution in [0.1, 0.15) is 57.1 Å². The molecule has 1 aromatic rings. The topological polar surface area (TPSA) is 29.1 Å². The highest BCUT2D eigenvalue weighted by Gasteiger charge is 2.17. The SMILES string of the molecule is CCCCC(CC)C(=O)Nc1ccc2c(c1)CCC2. The average molecular weight is 259 g/mol. The van der Waals surface area contributed by atoms with Crippen molar-refractivity contribution >= 4 is 11.6 Å². The molecule has 0 aromatic heterocycles. The zero-order chi connectivity index (χ0) is 13.7. The summed E-state index contributed by atoms with van der Waals surface area (Å²) in [6, 6.07) is 6.38. The van der Waals surface area contributed by atoms with E-state index in [1.165, 1.54) is 24.0 Å². The second-order valence-electron chi connectivity index (χ2n) is 5.57. The molecule has 19 heavy (non-hydrogen) atoms. The van der Waals surface area contributed by atoms with Gasteiger partial charge in [-0.25, -0.2) is 0 Å². The number of fused-ring (bicyclic) bond motifs is 1. The summed E-state index contributed by atoms with van der Waals surface area (Å²) in [5, 5.41) is 3.09. The lowest BCUT2D eigenvalue weighted by Gasteiger charge is -2.15. The van der Waals surface area contributed by atoms with Crippen molar-refractivity contribution in [1.82, 2.24) is 0 Å². The zero-order valence-electron chi connectivity index (χ0n) is 12.2. The van der Waals surface area contributed by atoms with Gasteiger partial charge in [0.05, 0.1) is 0 Å². The van der Waals surface area contributed by atoms with Gasteiger partial charge in [0.15, 0.2) is 0 Å². The molecule has 104 valence electrons. The van der Waals surface area contributed by atoms with Gasteiger partial charge in [-0.05, 0) is 55.4 Å². The molecule has 1 aliphatic rings. The van der Waals surface area contributed by atoms with E-state index in [0.29, 0.717) is 0 Å². The van der Waals surface area contributed by atoms with Crippen molar-refractivity contribution in [2.75, 3.05) is 5.32 Å². The number of carbonyl (C=O) groups excluding carboxylic acids is 1. The van der Waals surface area contributed by atoms with Crippen molar-refractivity contribution in [3.8, 4) is 0 Å². The molecular weight excluding hydrogens is 234 g/mol. The number of anilines is 1. The summed E-state index contributed by atoms with van der Waals surface area (Å²) in [5.74, 6) is 0.349. The summed E-state index contributed by atoms with van der Waals surface area (Å²) in [7, 11) is 0. The summed E-state index contributed by atoms with van der Waals surface area (Å²) in [6.45, 7) is 4.27. The van der Waals surface area contributed by atoms with Crippen molar-refractivity contribution in [2.24, 2.45) is 5.92 Å². The molecule has 0 bridgehead atoms. The fourth-order valence-electron chi connectivity index (χ4n) is 2.87. The molecule has 0 saturated carbocycles. The van der Waals surface area contributed by atoms with E-state index in [9.17, 15) is 4.79 Å². The Morgan fingerprint density at radius 3 is 2.79 bits per heavy atom. The molecule has 0 spiro atoms. The maximum absolute atomic E-state index is 12.2. The van der Waals surface area contributed by atoms with E-state index >= 15 is 0 Å². The molecule has 1 N–H and O–H groups in total. The molecule has 2 rings (SSSR count). The maximum Gasteiger partial charge on any atom is 0.227 e. The summed E-state index contributed by atoms with van der Waals surface area (Å²) in [5.41, 5.74) is 3.84. The van der Waals surface area contributed by atoms with Crippen LogP contribution >= 0.6 is 0 Å². The van der Waals surface area contributed by atoms with E-state index in [1.54, 1.807) is 0 Å². The predicted octanol–water partition coefficient (Wildman–Crippen LogP) is 4.33. The Labute approximate surface area is 116 Å². The maximum atomic E-state index is 12.2. The minimum absolute atomic E-state index is 0.160. The number of aryl methyl sites for hydroxylation is 2. The molecule has 0 fully saturated rings. The Hall–Kier alpha value is -1.31. The van der Waals surface area contributed by atoms with E-state index in [-0.39, 0.29) is 11.8 Å². The minimum atomic E-state index is 0.160. The molecular formula is C17H25NO. The Balaban J connectivity index is 1.97. The molecule has 1 unspecified atom stereocenters. The number of hydrogen-bond donors (Lipinski definition) is 1. The molecule has 2 nitrogen and oxygen atoms in total. The highest BCUT2D eigenvalue weighted by molar-refractivity contribution is 5.92. The lowest BCUT2D eigenvalue weighted by molar-refractivity contribution is -0.120. The Bertz CT molecular complexity index is 439. The lowest BCUT2D eigenvalue weighted by atomic mass is 9.98. The largest absolute Gasteiger partial charge is 0.326 e. The molecule has 1 aromatic carbocycles. The molecule has 0 aliphatic heterocycles. The van der Waals surface area contributed by atoms with Crippen molar-refractivity contribution < 1.29 is 4.79 Å². The molecule has 0 radical (unpaired) electrons. The first-order valence-corrected chi connectivity index (χ1v) is 7.67. The van der Waals surface area contributed by atoms with Crippen molar-refractivity contribution in [3.05, 3.63) is 29.3 Å². The summed E-state index contributed by atoms with van der Waals surface area (Å²) < 4.78 is 0. The van der Waals surface area contributed by atoms with Crippen molar-refractivity contribution in [3.63, 3.8) is 0 Å². The van der Waals surface area contributed by atoms with Crippen LogP contribution in [0.4, 0.5) is 5.69 Å². The first kappa shape index (κ1) is 14.1. The predicted molar refractivity (Wildman–Crippen MR) is 80.4 cm³/mol. The van der Waals surface area contributed by atoms with Gasteiger partial charge < -0.3 is 5.32 Å². The number of hydrogen-bond acceptors (Lipinski definition) is 1. The van der Waals surface area contributed by atoms with Crippen LogP contribution in [0.5, 0.6) is 0 Å². The monoisotopic (exact) mass is 259 g/mol. The minimum Gasteiger partial charge on any atom is -0.326 e. The fourth-order valence-corrected chi connectivity index (χ4v) is 2.87. The Morgan fingerprint density at radius 2 is 2.05 bits per heavy atom. The quantitative estimate of drug-likeness (QED) is 0.809. The first-order chi connectivity index (χ1) is 9.24. The van der Waals surface area contributed by atoms with Crippen LogP contribution in [0.3, 0.4) is 0 Å². The third-order valence-corrected chi connectivity index (χ3v) is 4.14. The van der Waals surface area contributed by atoms with Gasteiger partial charge in [0, 0.05) is 11.6 Å². The lowest BCUT2D eigenvalue weighted by Crippen LogP contribution is -2.22. The molecule has 1 atom stereocenters. The van der Waals surface area contributed by atoms with Gasteiger partial charge in [0.1, 0.15) is 0 Å². The Kier molecular flexibility index (Phi) is 5.00. The van der Waals surface area contributed by atoms with Crippen LogP contribution in [0.2, 0.25) is 0 Å². The van der Waals surface area contributed by atoms with Crippen molar-refractivity contribution in [2.45, 2.75) is 58.8 Å². The number of carbonyl (C=O) groups is 1. The highest BCUT2D eigenvalue weighted by Crippen LogP contribution is 2.25. The number of rotatable bonds is 6. The van der Waals surface area contributed by atoms with E-state index < -0.39 is 0 Å². The second kappa shape index (κ2) is 6.74. The summed E-state index contributed by atoms with van der Waals surface area (Å²) >= 11 is 0. The van der Waals surface area contributed by atoms with Gasteiger partial charge in [-0.15, -0.1) is 0 Å². The van der Waals surface area contributed by atoms with Crippen LogP contribution in [0.15, 0.2) is 18.2 Å². The smallest absolute Gasteiger partial charge is 0.227 e. The molecule has 1 amide bonds. The molecule has 2 heteroatoms. The van der Waals surface area contributed by atoms with Crippen LogP contribution in [0, 0.1) is 5.92 Å². The fraction of sp³-hybridized carbons (Fsp3) is 0.588. The van der Waals surface area contributed by atoms with Gasteiger partial charge in [-0.3, -0.25) is 4.79 Å². The van der Waals surface area contributed by atoms with E-state index in [1.807, 2.05) is 0 Å². The third kappa shape index (κ3) is 3.59. The molecule has 0 heterocycles. The molecule has 1 aliphatic carbocycles. The van der Waals surface area contributed by atoms with Gasteiger partial charge in [0.25, 0.3) is 0 Å². The third-order valence-electron chi connectivity index (χ3n) is 4.14.